The Morgan fingerprint density at radius 1 is 0.800 bits per heavy atom. The molecule has 1 aliphatic heterocycles. The molecule has 2 saturated carbocycles. The Kier molecular flexibility index (Phi) is 7.11. The van der Waals surface area contributed by atoms with Crippen molar-refractivity contribution < 1.29 is 24.3 Å². The van der Waals surface area contributed by atoms with Crippen molar-refractivity contribution in [2.24, 2.45) is 5.92 Å². The van der Waals surface area contributed by atoms with E-state index in [1.54, 1.807) is 21.3 Å². The van der Waals surface area contributed by atoms with E-state index in [9.17, 15) is 0 Å². The molecule has 146 valence electrons. The summed E-state index contributed by atoms with van der Waals surface area (Å²) in [7, 11) is 7.17. The van der Waals surface area contributed by atoms with Gasteiger partial charge in [-0.15, -0.1) is 0 Å². The fraction of sp³-hybridized carbons (Fsp3) is 1.00. The maximum absolute atomic E-state index is 5.71. The van der Waals surface area contributed by atoms with Crippen LogP contribution in [0.2, 0.25) is 0 Å². The molecule has 2 aliphatic carbocycles. The lowest BCUT2D eigenvalue weighted by atomic mass is 9.74. The van der Waals surface area contributed by atoms with Gasteiger partial charge in [-0.1, -0.05) is 0 Å². The lowest BCUT2D eigenvalue weighted by Gasteiger charge is -2.45. The zero-order valence-corrected chi connectivity index (χ0v) is 16.3. The Hall–Kier alpha value is -0.240. The molecule has 3 N–H and O–H groups in total. The van der Waals surface area contributed by atoms with Crippen molar-refractivity contribution in [3.63, 3.8) is 0 Å². The van der Waals surface area contributed by atoms with Crippen LogP contribution in [-0.2, 0) is 18.9 Å². The van der Waals surface area contributed by atoms with Crippen LogP contribution < -0.4 is 10.6 Å². The highest BCUT2D eigenvalue weighted by atomic mass is 16.6. The minimum absolute atomic E-state index is 0.0256. The normalized spacial score (nSPS) is 45.1. The first kappa shape index (κ1) is 19.5. The van der Waals surface area contributed by atoms with Crippen molar-refractivity contribution >= 4 is 0 Å². The van der Waals surface area contributed by atoms with Gasteiger partial charge < -0.3 is 29.6 Å². The lowest BCUT2D eigenvalue weighted by molar-refractivity contribution is -0.709. The molecule has 0 amide bonds. The van der Waals surface area contributed by atoms with Gasteiger partial charge in [0, 0.05) is 59.3 Å². The number of hydrogen-bond acceptors (Lipinski definition) is 5. The molecule has 0 aromatic heterocycles. The first-order valence-corrected chi connectivity index (χ1v) is 9.90. The summed E-state index contributed by atoms with van der Waals surface area (Å²) < 4.78 is 22.7. The van der Waals surface area contributed by atoms with Crippen molar-refractivity contribution in [1.82, 2.24) is 5.32 Å². The predicted molar refractivity (Wildman–Crippen MR) is 95.7 cm³/mol. The van der Waals surface area contributed by atoms with E-state index in [1.165, 1.54) is 32.2 Å². The lowest BCUT2D eigenvalue weighted by Crippen LogP contribution is -2.95. The number of hydrogen-bond donors (Lipinski definition) is 2. The van der Waals surface area contributed by atoms with Crippen molar-refractivity contribution in [2.45, 2.75) is 81.1 Å². The molecule has 0 aromatic rings. The Bertz CT molecular complexity index is 397. The molecule has 1 heterocycles. The summed E-state index contributed by atoms with van der Waals surface area (Å²) >= 11 is 0. The Morgan fingerprint density at radius 2 is 1.52 bits per heavy atom. The molecule has 1 saturated heterocycles. The smallest absolute Gasteiger partial charge is 0.109 e. The highest BCUT2D eigenvalue weighted by molar-refractivity contribution is 4.96. The zero-order chi connectivity index (χ0) is 17.8. The van der Waals surface area contributed by atoms with E-state index < -0.39 is 0 Å². The summed E-state index contributed by atoms with van der Waals surface area (Å²) in [6, 6.07) is 1.74. The Labute approximate surface area is 152 Å². The predicted octanol–water partition coefficient (Wildman–Crippen LogP) is 0.303. The van der Waals surface area contributed by atoms with Gasteiger partial charge in [0.05, 0.1) is 30.9 Å². The van der Waals surface area contributed by atoms with Crippen LogP contribution in [0.3, 0.4) is 0 Å². The first-order valence-electron chi connectivity index (χ1n) is 9.90. The molecule has 3 fully saturated rings. The molecular formula is C19H37N2O4+. The van der Waals surface area contributed by atoms with E-state index in [-0.39, 0.29) is 18.3 Å². The van der Waals surface area contributed by atoms with E-state index in [4.69, 9.17) is 18.9 Å². The number of fused-ring (bicyclic) bond motifs is 1. The van der Waals surface area contributed by atoms with Gasteiger partial charge in [0.1, 0.15) is 6.10 Å². The summed E-state index contributed by atoms with van der Waals surface area (Å²) in [6.45, 7) is 1.21. The molecule has 25 heavy (non-hydrogen) atoms. The average Bonchev–Trinajstić information content (AvgIpc) is 2.66. The number of methoxy groups -OCH3 is 4. The van der Waals surface area contributed by atoms with Crippen LogP contribution in [0.1, 0.15) is 38.5 Å². The highest BCUT2D eigenvalue weighted by Crippen LogP contribution is 2.32. The minimum Gasteiger partial charge on any atom is -0.381 e. The van der Waals surface area contributed by atoms with Gasteiger partial charge >= 0.3 is 0 Å². The van der Waals surface area contributed by atoms with Crippen LogP contribution in [0.25, 0.3) is 0 Å². The summed E-state index contributed by atoms with van der Waals surface area (Å²) in [5, 5.41) is 6.53. The molecule has 3 aliphatic rings. The van der Waals surface area contributed by atoms with Crippen molar-refractivity contribution in [3.05, 3.63) is 0 Å². The number of nitrogens with one attached hydrogen (secondary N) is 1. The molecule has 0 bridgehead atoms. The van der Waals surface area contributed by atoms with Gasteiger partial charge in [-0.3, -0.25) is 0 Å². The number of quaternary nitrogens is 1. The Balaban J connectivity index is 1.61. The number of nitrogens with two attached hydrogens (primary N) is 1. The van der Waals surface area contributed by atoms with Crippen LogP contribution in [0.4, 0.5) is 0 Å². The molecular weight excluding hydrogens is 320 g/mol. The van der Waals surface area contributed by atoms with Crippen LogP contribution in [0, 0.1) is 5.92 Å². The quantitative estimate of drug-likeness (QED) is 0.716. The van der Waals surface area contributed by atoms with Crippen LogP contribution in [0.5, 0.6) is 0 Å². The molecule has 0 aromatic carbocycles. The summed E-state index contributed by atoms with van der Waals surface area (Å²) in [5.74, 6) is 0.752. The van der Waals surface area contributed by atoms with Crippen LogP contribution in [0.15, 0.2) is 0 Å². The van der Waals surface area contributed by atoms with Crippen molar-refractivity contribution in [2.75, 3.05) is 35.0 Å². The number of rotatable bonds is 6. The Morgan fingerprint density at radius 3 is 2.12 bits per heavy atom. The molecule has 0 radical (unpaired) electrons. The molecule has 3 rings (SSSR count). The van der Waals surface area contributed by atoms with Gasteiger partial charge in [0.25, 0.3) is 0 Å². The third-order valence-electron chi connectivity index (χ3n) is 6.80. The van der Waals surface area contributed by atoms with Gasteiger partial charge in [0.2, 0.25) is 0 Å². The third-order valence-corrected chi connectivity index (χ3v) is 6.80. The number of ether oxygens (including phenoxy) is 4. The van der Waals surface area contributed by atoms with E-state index in [0.717, 1.165) is 18.8 Å². The second-order valence-electron chi connectivity index (χ2n) is 8.00. The monoisotopic (exact) mass is 357 g/mol. The zero-order valence-electron chi connectivity index (χ0n) is 16.3. The standard InChI is InChI=1S/C19H36N2O4/c1-22-13-5-6-14-15(7-8-20-16(14)11-13)21-12-9-17(23-2)19(25-4)18(10-12)24-3/h12-21H,5-11H2,1-4H3/p+1. The molecule has 6 unspecified atom stereocenters. The van der Waals surface area contributed by atoms with E-state index in [1.807, 2.05) is 7.11 Å². The van der Waals surface area contributed by atoms with Gasteiger partial charge in [-0.25, -0.2) is 0 Å². The largest absolute Gasteiger partial charge is 0.381 e. The molecule has 6 atom stereocenters. The fourth-order valence-corrected chi connectivity index (χ4v) is 5.45. The fourth-order valence-electron chi connectivity index (χ4n) is 5.45. The minimum atomic E-state index is 0.0256. The van der Waals surface area contributed by atoms with Gasteiger partial charge in [-0.05, 0) is 25.7 Å². The molecule has 0 spiro atoms. The highest BCUT2D eigenvalue weighted by Gasteiger charge is 2.44. The van der Waals surface area contributed by atoms with E-state index in [0.29, 0.717) is 24.2 Å². The number of piperidine rings is 1. The molecule has 6 heteroatoms. The van der Waals surface area contributed by atoms with Crippen LogP contribution in [-0.4, -0.2) is 77.5 Å². The first-order chi connectivity index (χ1) is 12.2. The average molecular weight is 358 g/mol. The van der Waals surface area contributed by atoms with Crippen LogP contribution >= 0.6 is 0 Å². The summed E-state index contributed by atoms with van der Waals surface area (Å²) in [6.07, 6.45) is 7.55. The topological polar surface area (TPSA) is 65.6 Å². The maximum atomic E-state index is 5.71. The van der Waals surface area contributed by atoms with E-state index >= 15 is 0 Å². The maximum Gasteiger partial charge on any atom is 0.109 e. The SMILES string of the molecule is COC1CCC2C(NC3CC(OC)C(OC)C(OC)C3)CC[NH2+]C2C1. The molecule has 6 nitrogen and oxygen atoms in total. The van der Waals surface area contributed by atoms with E-state index in [2.05, 4.69) is 10.6 Å². The van der Waals surface area contributed by atoms with Crippen molar-refractivity contribution in [3.8, 4) is 0 Å². The van der Waals surface area contributed by atoms with Gasteiger partial charge in [0.15, 0.2) is 0 Å². The summed E-state index contributed by atoms with van der Waals surface area (Å²) in [4.78, 5) is 0. The second-order valence-corrected chi connectivity index (χ2v) is 8.00. The van der Waals surface area contributed by atoms with Gasteiger partial charge in [-0.2, -0.15) is 0 Å². The third kappa shape index (κ3) is 4.37. The second kappa shape index (κ2) is 9.11. The summed E-state index contributed by atoms with van der Waals surface area (Å²) in [5.41, 5.74) is 0. The van der Waals surface area contributed by atoms with Crippen molar-refractivity contribution in [1.29, 1.82) is 0 Å².